The van der Waals surface area contributed by atoms with E-state index in [-0.39, 0.29) is 30.8 Å². The lowest BCUT2D eigenvalue weighted by Gasteiger charge is -2.28. The first-order valence-corrected chi connectivity index (χ1v) is 6.69. The Bertz CT molecular complexity index is 482. The molecule has 1 aliphatic rings. The van der Waals surface area contributed by atoms with E-state index in [4.69, 9.17) is 5.11 Å². The van der Waals surface area contributed by atoms with Crippen molar-refractivity contribution in [2.45, 2.75) is 38.3 Å². The van der Waals surface area contributed by atoms with E-state index in [0.717, 1.165) is 31.9 Å². The molecule has 0 aliphatic heterocycles. The number of carbonyl (C=O) groups excluding carboxylic acids is 1. The van der Waals surface area contributed by atoms with E-state index in [9.17, 15) is 14.9 Å². The zero-order valence-corrected chi connectivity index (χ0v) is 11.1. The average molecular weight is 282 g/mol. The average Bonchev–Trinajstić information content (AvgIpc) is 3.06. The van der Waals surface area contributed by atoms with Crippen LogP contribution < -0.4 is 0 Å². The number of hydrogen-bond donors (Lipinski definition) is 1. The van der Waals surface area contributed by atoms with Crippen LogP contribution in [0.1, 0.15) is 25.7 Å². The number of rotatable bonds is 6. The van der Waals surface area contributed by atoms with Gasteiger partial charge in [0.1, 0.15) is 18.9 Å². The summed E-state index contributed by atoms with van der Waals surface area (Å²) in [6.45, 7) is 0.179. The van der Waals surface area contributed by atoms with Gasteiger partial charge in [0.15, 0.2) is 0 Å². The molecule has 0 aromatic carbocycles. The van der Waals surface area contributed by atoms with Crippen LogP contribution in [-0.2, 0) is 11.3 Å². The molecule has 1 N–H and O–H groups in total. The minimum absolute atomic E-state index is 0.0374. The minimum Gasteiger partial charge on any atom is -0.395 e. The van der Waals surface area contributed by atoms with E-state index in [1.54, 1.807) is 4.90 Å². The topological polar surface area (TPSA) is 102 Å². The van der Waals surface area contributed by atoms with Gasteiger partial charge in [0, 0.05) is 12.6 Å². The quantitative estimate of drug-likeness (QED) is 0.606. The highest BCUT2D eigenvalue weighted by Crippen LogP contribution is 2.23. The summed E-state index contributed by atoms with van der Waals surface area (Å²) in [6, 6.07) is 0.167. The Morgan fingerprint density at radius 3 is 2.80 bits per heavy atom. The lowest BCUT2D eigenvalue weighted by atomic mass is 10.2. The number of nitrogens with zero attached hydrogens (tertiary/aromatic N) is 4. The summed E-state index contributed by atoms with van der Waals surface area (Å²) in [6.07, 6.45) is 6.44. The third kappa shape index (κ3) is 3.32. The van der Waals surface area contributed by atoms with Crippen molar-refractivity contribution in [2.24, 2.45) is 0 Å². The first-order chi connectivity index (χ1) is 9.61. The normalized spacial score (nSPS) is 15.4. The van der Waals surface area contributed by atoms with Crippen molar-refractivity contribution in [3.8, 4) is 0 Å². The molecule has 0 bridgehead atoms. The summed E-state index contributed by atoms with van der Waals surface area (Å²) in [5.74, 6) is -0.163. The molecule has 0 unspecified atom stereocenters. The van der Waals surface area contributed by atoms with E-state index < -0.39 is 4.92 Å². The molecule has 1 saturated carbocycles. The van der Waals surface area contributed by atoms with Crippen molar-refractivity contribution in [1.29, 1.82) is 0 Å². The molecule has 2 rings (SSSR count). The van der Waals surface area contributed by atoms with Crippen molar-refractivity contribution in [2.75, 3.05) is 13.2 Å². The van der Waals surface area contributed by atoms with E-state index in [1.807, 2.05) is 0 Å². The van der Waals surface area contributed by atoms with Gasteiger partial charge in [-0.25, -0.2) is 0 Å². The number of aliphatic hydroxyl groups is 1. The standard InChI is InChI=1S/C12H18N4O4/c17-6-5-15(10-3-1-2-4-10)12(18)9-14-8-11(7-13-14)16(19)20/h7-8,10,17H,1-6,9H2. The van der Waals surface area contributed by atoms with Crippen LogP contribution in [0.5, 0.6) is 0 Å². The Kier molecular flexibility index (Phi) is 4.67. The number of hydrogen-bond acceptors (Lipinski definition) is 5. The van der Waals surface area contributed by atoms with Gasteiger partial charge in [0.2, 0.25) is 5.91 Å². The van der Waals surface area contributed by atoms with Crippen LogP contribution in [0, 0.1) is 10.1 Å². The van der Waals surface area contributed by atoms with Crippen LogP contribution in [0.25, 0.3) is 0 Å². The van der Waals surface area contributed by atoms with Crippen LogP contribution in [-0.4, -0.2) is 49.8 Å². The SMILES string of the molecule is O=C(Cn1cc([N+](=O)[O-])cn1)N(CCO)C1CCCC1. The first kappa shape index (κ1) is 14.4. The molecule has 0 radical (unpaired) electrons. The van der Waals surface area contributed by atoms with E-state index in [2.05, 4.69) is 5.10 Å². The largest absolute Gasteiger partial charge is 0.395 e. The smallest absolute Gasteiger partial charge is 0.307 e. The zero-order valence-electron chi connectivity index (χ0n) is 11.1. The molecule has 1 aliphatic carbocycles. The lowest BCUT2D eigenvalue weighted by Crippen LogP contribution is -2.42. The zero-order chi connectivity index (χ0) is 14.5. The van der Waals surface area contributed by atoms with E-state index >= 15 is 0 Å². The molecule has 1 aromatic heterocycles. The predicted octanol–water partition coefficient (Wildman–Crippen LogP) is 0.555. The van der Waals surface area contributed by atoms with Crippen LogP contribution in [0.15, 0.2) is 12.4 Å². The fourth-order valence-electron chi connectivity index (χ4n) is 2.60. The van der Waals surface area contributed by atoms with Gasteiger partial charge in [0.25, 0.3) is 0 Å². The molecule has 20 heavy (non-hydrogen) atoms. The molecule has 0 atom stereocenters. The number of carbonyl (C=O) groups is 1. The first-order valence-electron chi connectivity index (χ1n) is 6.69. The third-order valence-corrected chi connectivity index (χ3v) is 3.55. The van der Waals surface area contributed by atoms with Gasteiger partial charge < -0.3 is 10.0 Å². The van der Waals surface area contributed by atoms with Gasteiger partial charge in [-0.1, -0.05) is 12.8 Å². The molecule has 0 spiro atoms. The Labute approximate surface area is 116 Å². The van der Waals surface area contributed by atoms with Crippen LogP contribution in [0.2, 0.25) is 0 Å². The third-order valence-electron chi connectivity index (χ3n) is 3.55. The second-order valence-corrected chi connectivity index (χ2v) is 4.90. The highest BCUT2D eigenvalue weighted by molar-refractivity contribution is 5.76. The molecule has 1 aromatic rings. The van der Waals surface area contributed by atoms with Crippen molar-refractivity contribution >= 4 is 11.6 Å². The predicted molar refractivity (Wildman–Crippen MR) is 69.9 cm³/mol. The van der Waals surface area contributed by atoms with Gasteiger partial charge in [-0.3, -0.25) is 19.6 Å². The Hall–Kier alpha value is -1.96. The summed E-state index contributed by atoms with van der Waals surface area (Å²) in [5.41, 5.74) is -0.132. The molecular weight excluding hydrogens is 264 g/mol. The van der Waals surface area contributed by atoms with E-state index in [1.165, 1.54) is 10.9 Å². The van der Waals surface area contributed by atoms with Gasteiger partial charge >= 0.3 is 5.69 Å². The van der Waals surface area contributed by atoms with Gasteiger partial charge in [0.05, 0.1) is 11.5 Å². The van der Waals surface area contributed by atoms with Crippen molar-refractivity contribution < 1.29 is 14.8 Å². The summed E-state index contributed by atoms with van der Waals surface area (Å²) in [5, 5.41) is 23.5. The van der Waals surface area contributed by atoms with E-state index in [0.29, 0.717) is 6.54 Å². The van der Waals surface area contributed by atoms with Gasteiger partial charge in [-0.15, -0.1) is 0 Å². The molecule has 110 valence electrons. The lowest BCUT2D eigenvalue weighted by molar-refractivity contribution is -0.385. The van der Waals surface area contributed by atoms with Gasteiger partial charge in [-0.05, 0) is 12.8 Å². The molecular formula is C12H18N4O4. The summed E-state index contributed by atoms with van der Waals surface area (Å²) in [4.78, 5) is 23.9. The second-order valence-electron chi connectivity index (χ2n) is 4.90. The molecule has 1 fully saturated rings. The molecule has 8 nitrogen and oxygen atoms in total. The highest BCUT2D eigenvalue weighted by atomic mass is 16.6. The van der Waals surface area contributed by atoms with Gasteiger partial charge in [-0.2, -0.15) is 5.10 Å². The molecule has 1 heterocycles. The summed E-state index contributed by atoms with van der Waals surface area (Å²) in [7, 11) is 0. The molecule has 1 amide bonds. The molecule has 8 heteroatoms. The summed E-state index contributed by atoms with van der Waals surface area (Å²) >= 11 is 0. The number of aliphatic hydroxyl groups excluding tert-OH is 1. The maximum Gasteiger partial charge on any atom is 0.307 e. The number of amides is 1. The van der Waals surface area contributed by atoms with Crippen LogP contribution in [0.3, 0.4) is 0 Å². The number of nitro groups is 1. The fraction of sp³-hybridized carbons (Fsp3) is 0.667. The highest BCUT2D eigenvalue weighted by Gasteiger charge is 2.26. The Morgan fingerprint density at radius 2 is 2.25 bits per heavy atom. The second kappa shape index (κ2) is 6.47. The van der Waals surface area contributed by atoms with Crippen LogP contribution in [0.4, 0.5) is 5.69 Å². The monoisotopic (exact) mass is 282 g/mol. The number of aromatic nitrogens is 2. The summed E-state index contributed by atoms with van der Waals surface area (Å²) < 4.78 is 1.26. The maximum atomic E-state index is 12.3. The Balaban J connectivity index is 2.01. The maximum absolute atomic E-state index is 12.3. The van der Waals surface area contributed by atoms with Crippen molar-refractivity contribution in [3.63, 3.8) is 0 Å². The fourth-order valence-corrected chi connectivity index (χ4v) is 2.60. The van der Waals surface area contributed by atoms with Crippen molar-refractivity contribution in [1.82, 2.24) is 14.7 Å². The minimum atomic E-state index is -0.545. The Morgan fingerprint density at radius 1 is 1.55 bits per heavy atom. The van der Waals surface area contributed by atoms with Crippen molar-refractivity contribution in [3.05, 3.63) is 22.5 Å². The molecule has 0 saturated heterocycles. The van der Waals surface area contributed by atoms with Crippen LogP contribution >= 0.6 is 0 Å².